The molecule has 0 atom stereocenters. The van der Waals surface area contributed by atoms with Gasteiger partial charge in [0, 0.05) is 65.8 Å². The summed E-state index contributed by atoms with van der Waals surface area (Å²) in [5.41, 5.74) is 6.26. The number of pyridine rings is 1. The highest BCUT2D eigenvalue weighted by atomic mass is 35.5. The normalized spacial score (nSPS) is 14.4. The van der Waals surface area contributed by atoms with E-state index >= 15 is 0 Å². The van der Waals surface area contributed by atoms with E-state index in [2.05, 4.69) is 56.9 Å². The van der Waals surface area contributed by atoms with E-state index in [1.54, 1.807) is 6.20 Å². The fourth-order valence-electron chi connectivity index (χ4n) is 5.35. The highest BCUT2D eigenvalue weighted by molar-refractivity contribution is 6.31. The molecule has 0 saturated carbocycles. The third-order valence-corrected chi connectivity index (χ3v) is 8.01. The highest BCUT2D eigenvalue weighted by Crippen LogP contribution is 2.27. The van der Waals surface area contributed by atoms with E-state index in [9.17, 15) is 4.79 Å². The van der Waals surface area contributed by atoms with Crippen molar-refractivity contribution in [3.63, 3.8) is 0 Å². The summed E-state index contributed by atoms with van der Waals surface area (Å²) in [5, 5.41) is 9.00. The molecule has 2 N–H and O–H groups in total. The molecule has 0 aliphatic carbocycles. The summed E-state index contributed by atoms with van der Waals surface area (Å²) < 4.78 is 0. The molecule has 1 fully saturated rings. The fraction of sp³-hybridized carbons (Fsp3) is 0.333. The van der Waals surface area contributed by atoms with Gasteiger partial charge in [-0.25, -0.2) is 0 Å². The van der Waals surface area contributed by atoms with Crippen molar-refractivity contribution >= 4 is 39.8 Å². The number of benzene rings is 3. The zero-order chi connectivity index (χ0) is 27.9. The van der Waals surface area contributed by atoms with E-state index in [4.69, 9.17) is 11.6 Å². The highest BCUT2D eigenvalue weighted by Gasteiger charge is 2.19. The van der Waals surface area contributed by atoms with Gasteiger partial charge in [0.05, 0.1) is 5.52 Å². The molecule has 0 spiro atoms. The van der Waals surface area contributed by atoms with Crippen molar-refractivity contribution in [2.24, 2.45) is 0 Å². The molecule has 1 amide bonds. The Kier molecular flexibility index (Phi) is 9.32. The Morgan fingerprint density at radius 3 is 2.35 bits per heavy atom. The second-order valence-corrected chi connectivity index (χ2v) is 10.9. The first-order valence-corrected chi connectivity index (χ1v) is 14.6. The van der Waals surface area contributed by atoms with E-state index in [0.717, 1.165) is 80.0 Å². The number of hydrogen-bond acceptors (Lipinski definition) is 5. The lowest BCUT2D eigenvalue weighted by Crippen LogP contribution is -2.41. The van der Waals surface area contributed by atoms with E-state index in [1.165, 1.54) is 11.1 Å². The summed E-state index contributed by atoms with van der Waals surface area (Å²) in [6, 6.07) is 25.1. The molecule has 208 valence electrons. The molecule has 1 aliphatic heterocycles. The smallest absolute Gasteiger partial charge is 0.253 e. The van der Waals surface area contributed by atoms with Gasteiger partial charge in [-0.15, -0.1) is 0 Å². The molecule has 1 aromatic heterocycles. The maximum absolute atomic E-state index is 12.6. The van der Waals surface area contributed by atoms with Crippen molar-refractivity contribution in [3.8, 4) is 0 Å². The van der Waals surface area contributed by atoms with Crippen LogP contribution in [0, 0.1) is 0 Å². The van der Waals surface area contributed by atoms with Crippen molar-refractivity contribution in [2.75, 3.05) is 31.5 Å². The zero-order valence-electron chi connectivity index (χ0n) is 23.4. The van der Waals surface area contributed by atoms with Gasteiger partial charge in [-0.05, 0) is 99.4 Å². The summed E-state index contributed by atoms with van der Waals surface area (Å²) in [6.07, 6.45) is 4.07. The molecule has 1 aliphatic rings. The summed E-state index contributed by atoms with van der Waals surface area (Å²) in [5.74, 6) is 0.113. The lowest BCUT2D eigenvalue weighted by atomic mass is 10.0. The molecule has 3 aromatic carbocycles. The predicted molar refractivity (Wildman–Crippen MR) is 165 cm³/mol. The van der Waals surface area contributed by atoms with Crippen LogP contribution >= 0.6 is 11.6 Å². The number of nitrogens with one attached hydrogen (secondary N) is 2. The van der Waals surface area contributed by atoms with Crippen LogP contribution in [0.4, 0.5) is 11.4 Å². The van der Waals surface area contributed by atoms with Crippen LogP contribution in [0.3, 0.4) is 0 Å². The van der Waals surface area contributed by atoms with Crippen LogP contribution in [0.25, 0.3) is 10.9 Å². The number of rotatable bonds is 10. The fourth-order valence-corrected chi connectivity index (χ4v) is 5.52. The first kappa shape index (κ1) is 28.1. The molecule has 1 saturated heterocycles. The number of likely N-dealkylation sites (tertiary alicyclic amines) is 1. The summed E-state index contributed by atoms with van der Waals surface area (Å²) in [7, 11) is 0. The SMILES string of the molecule is CCN(CC)C(=O)c1ccc(CN2CCC(NCc3ccc(Nc4ccnc5cc(Cl)ccc45)cc3)CC2)cc1. The lowest BCUT2D eigenvalue weighted by molar-refractivity contribution is 0.0773. The average molecular weight is 556 g/mol. The minimum Gasteiger partial charge on any atom is -0.355 e. The summed E-state index contributed by atoms with van der Waals surface area (Å²) in [6.45, 7) is 9.46. The molecule has 0 unspecified atom stereocenters. The van der Waals surface area contributed by atoms with Crippen molar-refractivity contribution < 1.29 is 4.79 Å². The van der Waals surface area contributed by atoms with Crippen LogP contribution in [-0.2, 0) is 13.1 Å². The van der Waals surface area contributed by atoms with Crippen molar-refractivity contribution in [1.29, 1.82) is 0 Å². The molecule has 4 aromatic rings. The van der Waals surface area contributed by atoms with Crippen LogP contribution in [0.2, 0.25) is 5.02 Å². The number of nitrogens with zero attached hydrogens (tertiary/aromatic N) is 3. The van der Waals surface area contributed by atoms with Gasteiger partial charge in [0.2, 0.25) is 0 Å². The quantitative estimate of drug-likeness (QED) is 0.224. The van der Waals surface area contributed by atoms with Crippen LogP contribution in [-0.4, -0.2) is 52.9 Å². The molecular formula is C33H38ClN5O. The Morgan fingerprint density at radius 1 is 0.950 bits per heavy atom. The predicted octanol–water partition coefficient (Wildman–Crippen LogP) is 6.87. The van der Waals surface area contributed by atoms with Gasteiger partial charge in [-0.3, -0.25) is 14.7 Å². The Hall–Kier alpha value is -3.45. The largest absolute Gasteiger partial charge is 0.355 e. The number of carbonyl (C=O) groups is 1. The molecule has 2 heterocycles. The number of amides is 1. The third-order valence-electron chi connectivity index (χ3n) is 7.78. The minimum atomic E-state index is 0.113. The first-order valence-electron chi connectivity index (χ1n) is 14.3. The van der Waals surface area contributed by atoms with E-state index in [0.29, 0.717) is 11.1 Å². The van der Waals surface area contributed by atoms with E-state index in [1.807, 2.05) is 55.1 Å². The summed E-state index contributed by atoms with van der Waals surface area (Å²) >= 11 is 6.12. The second kappa shape index (κ2) is 13.3. The Balaban J connectivity index is 1.07. The van der Waals surface area contributed by atoms with Crippen LogP contribution in [0.1, 0.15) is 48.2 Å². The Labute approximate surface area is 242 Å². The lowest BCUT2D eigenvalue weighted by Gasteiger charge is -2.32. The number of halogens is 1. The number of fused-ring (bicyclic) bond motifs is 1. The van der Waals surface area contributed by atoms with Gasteiger partial charge in [0.15, 0.2) is 0 Å². The van der Waals surface area contributed by atoms with Crippen molar-refractivity contribution in [1.82, 2.24) is 20.1 Å². The number of aromatic nitrogens is 1. The standard InChI is InChI=1S/C33H38ClN5O/c1-3-39(4-2)33(40)26-9-5-25(6-10-26)23-38-19-16-28(17-20-38)36-22-24-7-12-29(13-8-24)37-31-15-18-35-32-21-27(34)11-14-30(31)32/h5-15,18,21,28,36H,3-4,16-17,19-20,22-23H2,1-2H3,(H,35,37). The molecular weight excluding hydrogens is 518 g/mol. The molecule has 7 heteroatoms. The van der Waals surface area contributed by atoms with Gasteiger partial charge in [-0.2, -0.15) is 0 Å². The maximum Gasteiger partial charge on any atom is 0.253 e. The molecule has 0 bridgehead atoms. The maximum atomic E-state index is 12.6. The zero-order valence-corrected chi connectivity index (χ0v) is 24.1. The topological polar surface area (TPSA) is 60.5 Å². The van der Waals surface area contributed by atoms with Crippen LogP contribution in [0.5, 0.6) is 0 Å². The molecule has 6 nitrogen and oxygen atoms in total. The van der Waals surface area contributed by atoms with Crippen molar-refractivity contribution in [2.45, 2.75) is 45.8 Å². The average Bonchev–Trinajstić information content (AvgIpc) is 2.98. The second-order valence-electron chi connectivity index (χ2n) is 10.4. The van der Waals surface area contributed by atoms with Gasteiger partial charge >= 0.3 is 0 Å². The number of anilines is 2. The Bertz CT molecular complexity index is 1410. The first-order chi connectivity index (χ1) is 19.5. The monoisotopic (exact) mass is 555 g/mol. The third kappa shape index (κ3) is 7.00. The van der Waals surface area contributed by atoms with Crippen LogP contribution in [0.15, 0.2) is 79.0 Å². The van der Waals surface area contributed by atoms with E-state index in [-0.39, 0.29) is 5.91 Å². The van der Waals surface area contributed by atoms with Gasteiger partial charge in [0.1, 0.15) is 0 Å². The Morgan fingerprint density at radius 2 is 1.65 bits per heavy atom. The molecule has 5 rings (SSSR count). The van der Waals surface area contributed by atoms with Crippen molar-refractivity contribution in [3.05, 3.63) is 101 Å². The number of piperidine rings is 1. The van der Waals surface area contributed by atoms with Gasteiger partial charge in [0.25, 0.3) is 5.91 Å². The number of carbonyl (C=O) groups excluding carboxylic acids is 1. The van der Waals surface area contributed by atoms with Crippen LogP contribution < -0.4 is 10.6 Å². The van der Waals surface area contributed by atoms with Gasteiger partial charge in [-0.1, -0.05) is 35.9 Å². The molecule has 40 heavy (non-hydrogen) atoms. The molecule has 0 radical (unpaired) electrons. The van der Waals surface area contributed by atoms with Gasteiger partial charge < -0.3 is 15.5 Å². The van der Waals surface area contributed by atoms with E-state index < -0.39 is 0 Å². The minimum absolute atomic E-state index is 0.113. The summed E-state index contributed by atoms with van der Waals surface area (Å²) in [4.78, 5) is 21.3. The number of hydrogen-bond donors (Lipinski definition) is 2.